The number of fused-ring (bicyclic) bond motifs is 3. The number of nitrogens with zero attached hydrogens (tertiary/aromatic N) is 1. The van der Waals surface area contributed by atoms with Crippen molar-refractivity contribution in [2.24, 2.45) is 0 Å². The van der Waals surface area contributed by atoms with E-state index in [-0.39, 0.29) is 11.2 Å². The van der Waals surface area contributed by atoms with Gasteiger partial charge in [-0.2, -0.15) is 0 Å². The van der Waals surface area contributed by atoms with Gasteiger partial charge >= 0.3 is 0 Å². The molecule has 0 aromatic heterocycles. The quantitative estimate of drug-likeness (QED) is 0.278. The summed E-state index contributed by atoms with van der Waals surface area (Å²) >= 11 is 7.98. The van der Waals surface area contributed by atoms with Gasteiger partial charge in [0, 0.05) is 27.2 Å². The van der Waals surface area contributed by atoms with E-state index in [0.717, 1.165) is 27.3 Å². The van der Waals surface area contributed by atoms with Gasteiger partial charge in [0.2, 0.25) is 5.72 Å². The fourth-order valence-electron chi connectivity index (χ4n) is 5.20. The molecule has 5 heteroatoms. The van der Waals surface area contributed by atoms with Crippen LogP contribution in [0.1, 0.15) is 35.3 Å². The molecule has 0 saturated heterocycles. The second-order valence-electron chi connectivity index (χ2n) is 9.02. The van der Waals surface area contributed by atoms with Crippen molar-refractivity contribution in [1.29, 1.82) is 0 Å². The van der Waals surface area contributed by atoms with E-state index in [4.69, 9.17) is 16.3 Å². The lowest BCUT2D eigenvalue weighted by molar-refractivity contribution is -0.123. The highest BCUT2D eigenvalue weighted by molar-refractivity contribution is 7.99. The first-order valence-electron chi connectivity index (χ1n) is 11.9. The molecule has 4 aromatic rings. The minimum absolute atomic E-state index is 0.0347. The molecule has 0 saturated carbocycles. The van der Waals surface area contributed by atoms with Crippen molar-refractivity contribution in [2.45, 2.75) is 29.2 Å². The monoisotopic (exact) mass is 509 g/mol. The second kappa shape index (κ2) is 9.20. The maximum atomic E-state index is 14.5. The third kappa shape index (κ3) is 3.82. The van der Waals surface area contributed by atoms with Gasteiger partial charge in [-0.15, -0.1) is 11.8 Å². The van der Waals surface area contributed by atoms with Gasteiger partial charge in [-0.1, -0.05) is 96.5 Å². The van der Waals surface area contributed by atoms with Crippen molar-refractivity contribution in [3.8, 4) is 0 Å². The summed E-state index contributed by atoms with van der Waals surface area (Å²) in [5, 5.41) is 0.736. The van der Waals surface area contributed by atoms with Crippen molar-refractivity contribution >= 4 is 40.5 Å². The van der Waals surface area contributed by atoms with Gasteiger partial charge in [-0.25, -0.2) is 0 Å². The number of carbonyl (C=O) groups is 1. The maximum Gasteiger partial charge on any atom is 0.265 e. The Morgan fingerprint density at radius 3 is 2.22 bits per heavy atom. The molecule has 2 heterocycles. The van der Waals surface area contributed by atoms with Crippen LogP contribution in [-0.2, 0) is 15.3 Å². The summed E-state index contributed by atoms with van der Waals surface area (Å²) in [5.74, 6) is 0.573. The molecular weight excluding hydrogens is 486 g/mol. The third-order valence-corrected chi connectivity index (χ3v) is 8.39. The lowest BCUT2D eigenvalue weighted by atomic mass is 9.89. The molecule has 0 radical (unpaired) electrons. The Bertz CT molecular complexity index is 1450. The SMILES string of the molecule is CC1=C(c2ccccc2)C(=O)N2c3ccccc3SC(c3ccc(Cl)cc3)CC2(c2ccccc2)O1. The maximum absolute atomic E-state index is 14.5. The number of para-hydroxylation sites is 1. The van der Waals surface area contributed by atoms with Gasteiger partial charge in [-0.3, -0.25) is 9.69 Å². The Morgan fingerprint density at radius 1 is 0.861 bits per heavy atom. The second-order valence-corrected chi connectivity index (χ2v) is 10.7. The highest BCUT2D eigenvalue weighted by Gasteiger charge is 2.53. The predicted molar refractivity (Wildman–Crippen MR) is 147 cm³/mol. The zero-order valence-electron chi connectivity index (χ0n) is 19.7. The Kier molecular flexibility index (Phi) is 5.87. The molecular formula is C31H24ClNO2S. The van der Waals surface area contributed by atoms with E-state index in [2.05, 4.69) is 30.3 Å². The molecule has 3 nitrogen and oxygen atoms in total. The van der Waals surface area contributed by atoms with Crippen molar-refractivity contribution in [1.82, 2.24) is 0 Å². The molecule has 1 amide bonds. The number of hydrogen-bond acceptors (Lipinski definition) is 3. The molecule has 2 atom stereocenters. The van der Waals surface area contributed by atoms with Gasteiger partial charge in [0.25, 0.3) is 5.91 Å². The molecule has 0 spiro atoms. The topological polar surface area (TPSA) is 29.5 Å². The number of allylic oxidation sites excluding steroid dienone is 1. The lowest BCUT2D eigenvalue weighted by Crippen LogP contribution is -2.55. The molecule has 0 fully saturated rings. The van der Waals surface area contributed by atoms with Crippen LogP contribution in [0.4, 0.5) is 5.69 Å². The van der Waals surface area contributed by atoms with E-state index in [1.54, 1.807) is 11.8 Å². The van der Waals surface area contributed by atoms with Crippen LogP contribution in [0.5, 0.6) is 0 Å². The molecule has 4 aromatic carbocycles. The smallest absolute Gasteiger partial charge is 0.265 e. The zero-order valence-corrected chi connectivity index (χ0v) is 21.3. The minimum Gasteiger partial charge on any atom is -0.467 e. The molecule has 0 aliphatic carbocycles. The van der Waals surface area contributed by atoms with Crippen LogP contribution >= 0.6 is 23.4 Å². The van der Waals surface area contributed by atoms with E-state index in [1.165, 1.54) is 0 Å². The van der Waals surface area contributed by atoms with E-state index in [0.29, 0.717) is 22.8 Å². The fraction of sp³-hybridized carbons (Fsp3) is 0.129. The molecule has 0 bridgehead atoms. The van der Waals surface area contributed by atoms with E-state index in [9.17, 15) is 4.79 Å². The van der Waals surface area contributed by atoms with Crippen molar-refractivity contribution in [3.05, 3.63) is 137 Å². The standard InChI is InChI=1S/C31H24ClNO2S/c1-21-29(23-10-4-2-5-11-23)30(34)33-26-14-8-9-15-27(26)36-28(22-16-18-25(32)19-17-22)20-31(33,35-21)24-12-6-3-7-13-24/h2-19,28H,20H2,1H3. The van der Waals surface area contributed by atoms with Crippen LogP contribution in [0.3, 0.4) is 0 Å². The number of benzene rings is 4. The number of halogens is 1. The largest absolute Gasteiger partial charge is 0.467 e. The first-order chi connectivity index (χ1) is 17.6. The van der Waals surface area contributed by atoms with Gasteiger partial charge in [-0.05, 0) is 42.3 Å². The summed E-state index contributed by atoms with van der Waals surface area (Å²) in [6.45, 7) is 1.91. The molecule has 178 valence electrons. The van der Waals surface area contributed by atoms with Crippen LogP contribution in [0, 0.1) is 0 Å². The van der Waals surface area contributed by atoms with Crippen LogP contribution in [0.25, 0.3) is 5.57 Å². The molecule has 6 rings (SSSR count). The van der Waals surface area contributed by atoms with Gasteiger partial charge in [0.05, 0.1) is 11.3 Å². The first kappa shape index (κ1) is 23.0. The highest BCUT2D eigenvalue weighted by atomic mass is 35.5. The molecule has 36 heavy (non-hydrogen) atoms. The summed E-state index contributed by atoms with van der Waals surface area (Å²) < 4.78 is 6.96. The van der Waals surface area contributed by atoms with E-state index >= 15 is 0 Å². The Hall–Kier alpha value is -3.47. The minimum atomic E-state index is -1.01. The zero-order chi connectivity index (χ0) is 24.7. The van der Waals surface area contributed by atoms with Crippen LogP contribution in [0.15, 0.2) is 120 Å². The number of rotatable bonds is 3. The third-order valence-electron chi connectivity index (χ3n) is 6.82. The normalized spacial score (nSPS) is 21.3. The molecule has 2 unspecified atom stereocenters. The van der Waals surface area contributed by atoms with E-state index < -0.39 is 5.72 Å². The van der Waals surface area contributed by atoms with Crippen LogP contribution in [-0.4, -0.2) is 5.91 Å². The summed E-state index contributed by atoms with van der Waals surface area (Å²) in [7, 11) is 0. The Balaban J connectivity index is 1.61. The molecule has 2 aliphatic heterocycles. The molecule has 2 aliphatic rings. The molecule has 0 N–H and O–H groups in total. The van der Waals surface area contributed by atoms with E-state index in [1.807, 2.05) is 90.7 Å². The van der Waals surface area contributed by atoms with Crippen molar-refractivity contribution in [2.75, 3.05) is 4.90 Å². The number of thioether (sulfide) groups is 1. The summed E-state index contributed by atoms with van der Waals surface area (Å²) in [6, 6.07) is 36.0. The summed E-state index contributed by atoms with van der Waals surface area (Å²) in [4.78, 5) is 17.4. The average Bonchev–Trinajstić information content (AvgIpc) is 3.05. The number of anilines is 1. The number of carbonyl (C=O) groups excluding carboxylic acids is 1. The number of amides is 1. The average molecular weight is 510 g/mol. The fourth-order valence-corrected chi connectivity index (χ4v) is 6.67. The van der Waals surface area contributed by atoms with Crippen LogP contribution < -0.4 is 4.90 Å². The Labute approximate surface area is 220 Å². The first-order valence-corrected chi connectivity index (χ1v) is 13.2. The van der Waals surface area contributed by atoms with Crippen LogP contribution in [0.2, 0.25) is 5.02 Å². The van der Waals surface area contributed by atoms with Gasteiger partial charge < -0.3 is 4.74 Å². The summed E-state index contributed by atoms with van der Waals surface area (Å²) in [6.07, 6.45) is 0.573. The number of ether oxygens (including phenoxy) is 1. The highest BCUT2D eigenvalue weighted by Crippen LogP contribution is 2.56. The Morgan fingerprint density at radius 2 is 1.50 bits per heavy atom. The van der Waals surface area contributed by atoms with Gasteiger partial charge in [0.1, 0.15) is 5.76 Å². The number of hydrogen-bond donors (Lipinski definition) is 0. The lowest BCUT2D eigenvalue weighted by Gasteiger charge is -2.47. The van der Waals surface area contributed by atoms with Crippen molar-refractivity contribution < 1.29 is 9.53 Å². The predicted octanol–water partition coefficient (Wildman–Crippen LogP) is 8.22. The van der Waals surface area contributed by atoms with Crippen molar-refractivity contribution in [3.63, 3.8) is 0 Å². The summed E-state index contributed by atoms with van der Waals surface area (Å²) in [5.41, 5.74) is 3.37. The van der Waals surface area contributed by atoms with Gasteiger partial charge in [0.15, 0.2) is 0 Å².